The van der Waals surface area contributed by atoms with Gasteiger partial charge in [0.1, 0.15) is 6.04 Å². The first kappa shape index (κ1) is 21.7. The van der Waals surface area contributed by atoms with Crippen LogP contribution in [-0.2, 0) is 29.3 Å². The normalized spacial score (nSPS) is 21.9. The van der Waals surface area contributed by atoms with E-state index in [0.717, 1.165) is 10.5 Å². The topological polar surface area (TPSA) is 92.8 Å². The first-order chi connectivity index (χ1) is 14.1. The third-order valence-electron chi connectivity index (χ3n) is 5.65. The third-order valence-corrected chi connectivity index (χ3v) is 5.65. The van der Waals surface area contributed by atoms with Crippen LogP contribution >= 0.6 is 0 Å². The number of amides is 3. The van der Waals surface area contributed by atoms with Crippen LogP contribution in [0.5, 0.6) is 0 Å². The second kappa shape index (κ2) is 8.42. The van der Waals surface area contributed by atoms with Crippen molar-refractivity contribution in [1.82, 2.24) is 4.90 Å². The van der Waals surface area contributed by atoms with E-state index in [-0.39, 0.29) is 17.2 Å². The minimum absolute atomic E-state index is 0.00617. The number of benzene rings is 1. The summed E-state index contributed by atoms with van der Waals surface area (Å²) in [5, 5.41) is 2.67. The largest absolute Gasteiger partial charge is 0.454 e. The average molecular weight is 412 g/mol. The number of nitrogens with zero attached hydrogens (tertiary/aromatic N) is 1. The van der Waals surface area contributed by atoms with E-state index in [4.69, 9.17) is 4.74 Å². The molecule has 0 aromatic heterocycles. The summed E-state index contributed by atoms with van der Waals surface area (Å²) in [6.07, 6.45) is 4.78. The van der Waals surface area contributed by atoms with Crippen molar-refractivity contribution in [2.75, 3.05) is 11.9 Å². The number of nitrogens with one attached hydrogen (secondary N) is 1. The molecule has 30 heavy (non-hydrogen) atoms. The van der Waals surface area contributed by atoms with Crippen molar-refractivity contribution in [3.8, 4) is 0 Å². The summed E-state index contributed by atoms with van der Waals surface area (Å²) in [4.78, 5) is 50.6. The van der Waals surface area contributed by atoms with Crippen LogP contribution < -0.4 is 5.32 Å². The Balaban J connectivity index is 1.53. The Bertz CT molecular complexity index is 856. The fourth-order valence-corrected chi connectivity index (χ4v) is 3.82. The number of carbonyl (C=O) groups excluding carboxylic acids is 4. The summed E-state index contributed by atoms with van der Waals surface area (Å²) in [6.45, 7) is 7.26. The van der Waals surface area contributed by atoms with Crippen LogP contribution in [-0.4, -0.2) is 41.2 Å². The summed E-state index contributed by atoms with van der Waals surface area (Å²) in [5.74, 6) is -2.77. The minimum atomic E-state index is -1.06. The molecule has 1 aromatic rings. The van der Waals surface area contributed by atoms with Gasteiger partial charge >= 0.3 is 5.97 Å². The number of likely N-dealkylation sites (tertiary alicyclic amines) is 1. The first-order valence-electron chi connectivity index (χ1n) is 10.2. The van der Waals surface area contributed by atoms with Gasteiger partial charge in [0.15, 0.2) is 6.61 Å². The molecule has 3 amide bonds. The lowest BCUT2D eigenvalue weighted by molar-refractivity contribution is -0.159. The standard InChI is InChI=1S/C23H28N2O5/c1-14(25-20(27)17-7-5-6-8-18(17)21(25)28)22(29)30-13-19(26)24-16-11-9-15(10-12-16)23(2,3)4/h5-6,9-12,14,17-18H,7-8,13H2,1-4H3,(H,24,26)/t14-,17-,18+/m0/s1. The van der Waals surface area contributed by atoms with Gasteiger partial charge in [0.25, 0.3) is 5.91 Å². The molecule has 0 bridgehead atoms. The molecule has 7 heteroatoms. The Morgan fingerprint density at radius 2 is 1.60 bits per heavy atom. The molecule has 0 saturated carbocycles. The van der Waals surface area contributed by atoms with Crippen molar-refractivity contribution in [3.63, 3.8) is 0 Å². The maximum Gasteiger partial charge on any atom is 0.329 e. The lowest BCUT2D eigenvalue weighted by atomic mass is 9.85. The van der Waals surface area contributed by atoms with Crippen molar-refractivity contribution < 1.29 is 23.9 Å². The van der Waals surface area contributed by atoms with E-state index in [2.05, 4.69) is 26.1 Å². The minimum Gasteiger partial charge on any atom is -0.454 e. The molecule has 1 N–H and O–H groups in total. The van der Waals surface area contributed by atoms with E-state index in [0.29, 0.717) is 18.5 Å². The van der Waals surface area contributed by atoms with Crippen LogP contribution in [0.3, 0.4) is 0 Å². The quantitative estimate of drug-likeness (QED) is 0.456. The molecule has 1 saturated heterocycles. The van der Waals surface area contributed by atoms with Gasteiger partial charge in [-0.05, 0) is 42.9 Å². The third kappa shape index (κ3) is 4.45. The number of ether oxygens (including phenoxy) is 1. The van der Waals surface area contributed by atoms with E-state index in [1.807, 2.05) is 24.3 Å². The zero-order valence-electron chi connectivity index (χ0n) is 17.8. The van der Waals surface area contributed by atoms with Gasteiger partial charge in [-0.15, -0.1) is 0 Å². The molecule has 0 radical (unpaired) electrons. The summed E-state index contributed by atoms with van der Waals surface area (Å²) < 4.78 is 5.07. The smallest absolute Gasteiger partial charge is 0.329 e. The molecule has 3 atom stereocenters. The second-order valence-corrected chi connectivity index (χ2v) is 8.86. The molecular formula is C23H28N2O5. The first-order valence-corrected chi connectivity index (χ1v) is 10.2. The van der Waals surface area contributed by atoms with E-state index in [9.17, 15) is 19.2 Å². The lowest BCUT2D eigenvalue weighted by Crippen LogP contribution is -2.45. The number of allylic oxidation sites excluding steroid dienone is 2. The predicted octanol–water partition coefficient (Wildman–Crippen LogP) is 2.81. The molecule has 1 fully saturated rings. The number of hydrogen-bond acceptors (Lipinski definition) is 5. The number of imide groups is 1. The molecule has 1 aromatic carbocycles. The van der Waals surface area contributed by atoms with Gasteiger partial charge in [-0.25, -0.2) is 4.79 Å². The average Bonchev–Trinajstić information content (AvgIpc) is 2.96. The highest BCUT2D eigenvalue weighted by Gasteiger charge is 2.50. The Hall–Kier alpha value is -2.96. The van der Waals surface area contributed by atoms with Crippen LogP contribution in [0, 0.1) is 11.8 Å². The molecule has 1 aliphatic heterocycles. The highest BCUT2D eigenvalue weighted by molar-refractivity contribution is 6.08. The van der Waals surface area contributed by atoms with Gasteiger partial charge in [-0.2, -0.15) is 0 Å². The second-order valence-electron chi connectivity index (χ2n) is 8.86. The fourth-order valence-electron chi connectivity index (χ4n) is 3.82. The van der Waals surface area contributed by atoms with Crippen LogP contribution in [0.25, 0.3) is 0 Å². The van der Waals surface area contributed by atoms with Gasteiger partial charge in [0.05, 0.1) is 11.8 Å². The summed E-state index contributed by atoms with van der Waals surface area (Å²) in [5.41, 5.74) is 1.74. The monoisotopic (exact) mass is 412 g/mol. The maximum atomic E-state index is 12.6. The molecule has 0 unspecified atom stereocenters. The number of rotatable bonds is 5. The SMILES string of the molecule is C[C@@H](C(=O)OCC(=O)Nc1ccc(C(C)(C)C)cc1)N1C(=O)[C@H]2CC=CC[C@H]2C1=O. The van der Waals surface area contributed by atoms with E-state index >= 15 is 0 Å². The Morgan fingerprint density at radius 1 is 1.07 bits per heavy atom. The van der Waals surface area contributed by atoms with Crippen LogP contribution in [0.1, 0.15) is 46.1 Å². The molecule has 2 aliphatic rings. The number of hydrogen-bond donors (Lipinski definition) is 1. The van der Waals surface area contributed by atoms with Crippen LogP contribution in [0.15, 0.2) is 36.4 Å². The molecule has 160 valence electrons. The molecular weight excluding hydrogens is 384 g/mol. The zero-order valence-corrected chi connectivity index (χ0v) is 17.8. The number of fused-ring (bicyclic) bond motifs is 1. The Labute approximate surface area is 176 Å². The molecule has 1 aliphatic carbocycles. The van der Waals surface area contributed by atoms with Crippen LogP contribution in [0.2, 0.25) is 0 Å². The zero-order chi connectivity index (χ0) is 22.1. The summed E-state index contributed by atoms with van der Waals surface area (Å²) >= 11 is 0. The lowest BCUT2D eigenvalue weighted by Gasteiger charge is -2.21. The summed E-state index contributed by atoms with van der Waals surface area (Å²) in [7, 11) is 0. The van der Waals surface area contributed by atoms with Gasteiger partial charge in [0, 0.05) is 5.69 Å². The highest BCUT2D eigenvalue weighted by Crippen LogP contribution is 2.36. The van der Waals surface area contributed by atoms with Gasteiger partial charge in [0.2, 0.25) is 11.8 Å². The molecule has 7 nitrogen and oxygen atoms in total. The summed E-state index contributed by atoms with van der Waals surface area (Å²) in [6, 6.07) is 6.39. The van der Waals surface area contributed by atoms with Gasteiger partial charge < -0.3 is 10.1 Å². The molecule has 1 heterocycles. The predicted molar refractivity (Wildman–Crippen MR) is 111 cm³/mol. The highest BCUT2D eigenvalue weighted by atomic mass is 16.5. The van der Waals surface area contributed by atoms with Crippen molar-refractivity contribution in [2.24, 2.45) is 11.8 Å². The Morgan fingerprint density at radius 3 is 2.10 bits per heavy atom. The van der Waals surface area contributed by atoms with Crippen molar-refractivity contribution >= 4 is 29.4 Å². The molecule has 3 rings (SSSR count). The van der Waals surface area contributed by atoms with Gasteiger partial charge in [-0.1, -0.05) is 45.1 Å². The van der Waals surface area contributed by atoms with Crippen molar-refractivity contribution in [1.29, 1.82) is 0 Å². The van der Waals surface area contributed by atoms with Gasteiger partial charge in [-0.3, -0.25) is 19.3 Å². The van der Waals surface area contributed by atoms with E-state index in [1.54, 1.807) is 12.1 Å². The van der Waals surface area contributed by atoms with E-state index < -0.39 is 36.4 Å². The van der Waals surface area contributed by atoms with Crippen molar-refractivity contribution in [2.45, 2.75) is 52.0 Å². The maximum absolute atomic E-state index is 12.6. The Kier molecular flexibility index (Phi) is 6.10. The number of esters is 1. The van der Waals surface area contributed by atoms with E-state index in [1.165, 1.54) is 6.92 Å². The fraction of sp³-hybridized carbons (Fsp3) is 0.478. The van der Waals surface area contributed by atoms with Crippen molar-refractivity contribution in [3.05, 3.63) is 42.0 Å². The number of carbonyl (C=O) groups is 4. The molecule has 0 spiro atoms. The number of anilines is 1. The van der Waals surface area contributed by atoms with Crippen LogP contribution in [0.4, 0.5) is 5.69 Å².